The van der Waals surface area contributed by atoms with Crippen molar-refractivity contribution >= 4 is 31.6 Å². The van der Waals surface area contributed by atoms with Gasteiger partial charge in [0, 0.05) is 29.4 Å². The number of nitrogens with two attached hydrogens (primary N) is 1. The Bertz CT molecular complexity index is 586. The lowest BCUT2D eigenvalue weighted by atomic mass is 10.3. The molecule has 0 aromatic carbocycles. The van der Waals surface area contributed by atoms with E-state index >= 15 is 0 Å². The van der Waals surface area contributed by atoms with Crippen LogP contribution in [0.25, 0.3) is 10.3 Å². The van der Waals surface area contributed by atoms with E-state index in [1.54, 1.807) is 6.07 Å². The predicted octanol–water partition coefficient (Wildman–Crippen LogP) is 1.20. The molecule has 0 saturated carbocycles. The molecule has 0 saturated heterocycles. The quantitative estimate of drug-likeness (QED) is 0.805. The van der Waals surface area contributed by atoms with E-state index < -0.39 is 16.7 Å². The molecule has 8 heteroatoms. The number of hydrogen-bond donors (Lipinski definition) is 2. The van der Waals surface area contributed by atoms with Gasteiger partial charge in [0.15, 0.2) is 4.90 Å². The van der Waals surface area contributed by atoms with Gasteiger partial charge in [-0.1, -0.05) is 0 Å². The zero-order valence-electron chi connectivity index (χ0n) is 8.77. The minimum atomic E-state index is -3.79. The monoisotopic (exact) mass is 278 g/mol. The molecule has 2 aromatic heterocycles. The third-order valence-corrected chi connectivity index (χ3v) is 3.88. The van der Waals surface area contributed by atoms with Gasteiger partial charge < -0.3 is 9.73 Å². The molecule has 3 N–H and O–H groups in total. The first-order valence-electron chi connectivity index (χ1n) is 4.82. The summed E-state index contributed by atoms with van der Waals surface area (Å²) in [5.74, 6) is 0. The fourth-order valence-electron chi connectivity index (χ4n) is 1.37. The lowest BCUT2D eigenvalue weighted by molar-refractivity contribution is 0.467. The van der Waals surface area contributed by atoms with Gasteiger partial charge in [0.05, 0.1) is 0 Å². The molecule has 0 unspecified atom stereocenters. The molecule has 94 valence electrons. The number of fused-ring (bicyclic) bond motifs is 1. The van der Waals surface area contributed by atoms with Crippen LogP contribution in [0.1, 0.15) is 4.88 Å². The fraction of sp³-hybridized carbons (Fsp3) is 0.333. The number of furan rings is 1. The maximum atomic E-state index is 11.9. The first-order valence-corrected chi connectivity index (χ1v) is 7.19. The second-order valence-electron chi connectivity index (χ2n) is 3.43. The van der Waals surface area contributed by atoms with Gasteiger partial charge in [-0.05, 0) is 6.07 Å². The van der Waals surface area contributed by atoms with E-state index in [-0.39, 0.29) is 5.09 Å². The second-order valence-corrected chi connectivity index (χ2v) is 6.02. The third kappa shape index (κ3) is 2.83. The molecular formula is C9H11FN2O3S2. The van der Waals surface area contributed by atoms with E-state index in [4.69, 9.17) is 9.56 Å². The van der Waals surface area contributed by atoms with Crippen LogP contribution in [0.2, 0.25) is 0 Å². The summed E-state index contributed by atoms with van der Waals surface area (Å²) in [5.41, 5.74) is 0. The highest BCUT2D eigenvalue weighted by Gasteiger charge is 2.16. The summed E-state index contributed by atoms with van der Waals surface area (Å²) in [6.45, 7) is 0.405. The molecule has 0 aliphatic rings. The molecular weight excluding hydrogens is 267 g/mol. The van der Waals surface area contributed by atoms with Crippen molar-refractivity contribution in [2.24, 2.45) is 5.14 Å². The molecule has 0 bridgehead atoms. The summed E-state index contributed by atoms with van der Waals surface area (Å²) in [6.07, 6.45) is 0. The number of nitrogens with one attached hydrogen (secondary N) is 1. The van der Waals surface area contributed by atoms with Gasteiger partial charge in [-0.25, -0.2) is 17.9 Å². The molecule has 0 aliphatic carbocycles. The van der Waals surface area contributed by atoms with Gasteiger partial charge in [0.1, 0.15) is 6.67 Å². The van der Waals surface area contributed by atoms with Crippen LogP contribution in [0.15, 0.2) is 21.6 Å². The Balaban J connectivity index is 2.20. The zero-order valence-corrected chi connectivity index (χ0v) is 10.4. The van der Waals surface area contributed by atoms with Crippen LogP contribution in [0.4, 0.5) is 4.39 Å². The van der Waals surface area contributed by atoms with Crippen LogP contribution in [-0.4, -0.2) is 21.6 Å². The van der Waals surface area contributed by atoms with Crippen molar-refractivity contribution in [3.05, 3.63) is 17.0 Å². The molecule has 2 heterocycles. The van der Waals surface area contributed by atoms with Crippen molar-refractivity contribution in [2.45, 2.75) is 11.6 Å². The molecule has 0 aliphatic heterocycles. The summed E-state index contributed by atoms with van der Waals surface area (Å²) in [5, 5.41) is 8.30. The van der Waals surface area contributed by atoms with Crippen LogP contribution in [0.3, 0.4) is 0 Å². The molecule has 0 amide bonds. The van der Waals surface area contributed by atoms with Crippen LogP contribution >= 0.6 is 11.3 Å². The largest absolute Gasteiger partial charge is 0.433 e. The number of alkyl halides is 1. The van der Waals surface area contributed by atoms with E-state index in [1.165, 1.54) is 17.4 Å². The number of primary sulfonamides is 1. The lowest BCUT2D eigenvalue weighted by Crippen LogP contribution is -2.15. The van der Waals surface area contributed by atoms with Gasteiger partial charge in [-0.2, -0.15) is 0 Å². The molecule has 0 radical (unpaired) electrons. The summed E-state index contributed by atoms with van der Waals surface area (Å²) < 4.78 is 39.1. The van der Waals surface area contributed by atoms with E-state index in [1.807, 2.05) is 0 Å². The molecule has 0 fully saturated rings. The van der Waals surface area contributed by atoms with Crippen LogP contribution in [0, 0.1) is 0 Å². The Kier molecular flexibility index (Phi) is 3.48. The molecule has 0 spiro atoms. The van der Waals surface area contributed by atoms with Gasteiger partial charge >= 0.3 is 0 Å². The Morgan fingerprint density at radius 3 is 2.82 bits per heavy atom. The Morgan fingerprint density at radius 2 is 2.24 bits per heavy atom. The minimum absolute atomic E-state index is 0.234. The van der Waals surface area contributed by atoms with Crippen molar-refractivity contribution in [1.82, 2.24) is 5.32 Å². The van der Waals surface area contributed by atoms with Gasteiger partial charge in [0.2, 0.25) is 5.09 Å². The van der Waals surface area contributed by atoms with Gasteiger partial charge in [0.25, 0.3) is 10.0 Å². The summed E-state index contributed by atoms with van der Waals surface area (Å²) in [6, 6.07) is 3.18. The summed E-state index contributed by atoms with van der Waals surface area (Å²) >= 11 is 1.31. The molecule has 2 aromatic rings. The molecule has 5 nitrogen and oxygen atoms in total. The van der Waals surface area contributed by atoms with E-state index in [0.29, 0.717) is 23.4 Å². The Hall–Kier alpha value is -0.960. The average molecular weight is 278 g/mol. The summed E-state index contributed by atoms with van der Waals surface area (Å²) in [4.78, 5) is 1.46. The normalized spacial score (nSPS) is 12.4. The van der Waals surface area contributed by atoms with Gasteiger partial charge in [-0.3, -0.25) is 0 Å². The molecule has 0 atom stereocenters. The molecule has 2 rings (SSSR count). The highest BCUT2D eigenvalue weighted by molar-refractivity contribution is 7.89. The summed E-state index contributed by atoms with van der Waals surface area (Å²) in [7, 11) is -3.79. The van der Waals surface area contributed by atoms with Crippen molar-refractivity contribution in [1.29, 1.82) is 0 Å². The van der Waals surface area contributed by atoms with Crippen LogP contribution in [0.5, 0.6) is 0 Å². The first-order chi connectivity index (χ1) is 8.00. The standard InChI is InChI=1S/C9H11FN2O3S2/c10-1-2-12-5-7-3-6-4-8(17(11,13)14)15-9(6)16-7/h3-4,12H,1-2,5H2,(H2,11,13,14). The minimum Gasteiger partial charge on any atom is -0.433 e. The Morgan fingerprint density at radius 1 is 1.47 bits per heavy atom. The van der Waals surface area contributed by atoms with Crippen LogP contribution < -0.4 is 10.5 Å². The van der Waals surface area contributed by atoms with Crippen LogP contribution in [-0.2, 0) is 16.6 Å². The number of halogens is 1. The highest BCUT2D eigenvalue weighted by atomic mass is 32.2. The Labute approximate surface area is 101 Å². The number of thiophene rings is 1. The smallest absolute Gasteiger partial charge is 0.271 e. The molecule has 17 heavy (non-hydrogen) atoms. The van der Waals surface area contributed by atoms with E-state index in [0.717, 1.165) is 4.88 Å². The number of rotatable bonds is 5. The highest BCUT2D eigenvalue weighted by Crippen LogP contribution is 2.30. The number of sulfonamides is 1. The third-order valence-electron chi connectivity index (χ3n) is 2.09. The van der Waals surface area contributed by atoms with E-state index in [2.05, 4.69) is 5.32 Å². The first kappa shape index (κ1) is 12.5. The second kappa shape index (κ2) is 4.73. The van der Waals surface area contributed by atoms with Crippen molar-refractivity contribution in [3.63, 3.8) is 0 Å². The fourth-order valence-corrected chi connectivity index (χ4v) is 2.88. The van der Waals surface area contributed by atoms with Crippen molar-refractivity contribution < 1.29 is 17.2 Å². The van der Waals surface area contributed by atoms with Crippen molar-refractivity contribution in [3.8, 4) is 0 Å². The zero-order chi connectivity index (χ0) is 12.5. The predicted molar refractivity (Wildman–Crippen MR) is 63.1 cm³/mol. The lowest BCUT2D eigenvalue weighted by Gasteiger charge is -1.97. The van der Waals surface area contributed by atoms with Gasteiger partial charge in [-0.15, -0.1) is 11.3 Å². The SMILES string of the molecule is NS(=O)(=O)c1cc2cc(CNCCF)sc2o1. The number of hydrogen-bond acceptors (Lipinski definition) is 5. The maximum Gasteiger partial charge on any atom is 0.271 e. The average Bonchev–Trinajstić information content (AvgIpc) is 2.74. The topological polar surface area (TPSA) is 85.3 Å². The maximum absolute atomic E-state index is 11.9. The van der Waals surface area contributed by atoms with E-state index in [9.17, 15) is 12.8 Å². The van der Waals surface area contributed by atoms with Crippen molar-refractivity contribution in [2.75, 3.05) is 13.2 Å².